The third-order valence-corrected chi connectivity index (χ3v) is 11.8. The zero-order valence-corrected chi connectivity index (χ0v) is 31.1. The summed E-state index contributed by atoms with van der Waals surface area (Å²) in [7, 11) is -6.47. The van der Waals surface area contributed by atoms with Crippen LogP contribution in [0.3, 0.4) is 0 Å². The van der Waals surface area contributed by atoms with Crippen molar-refractivity contribution in [2.45, 2.75) is 55.9 Å². The predicted molar refractivity (Wildman–Crippen MR) is 188 cm³/mol. The number of hydrogen-bond acceptors (Lipinski definition) is 8. The Morgan fingerprint density at radius 3 is 1.63 bits per heavy atom. The van der Waals surface area contributed by atoms with Crippen LogP contribution in [-0.4, -0.2) is 46.9 Å². The maximum atomic E-state index is 15.3. The molecule has 0 saturated heterocycles. The van der Waals surface area contributed by atoms with E-state index in [1.165, 1.54) is 29.3 Å². The average molecular weight is 792 g/mol. The summed E-state index contributed by atoms with van der Waals surface area (Å²) in [5, 5.41) is 1.71. The lowest BCUT2D eigenvalue weighted by molar-refractivity contribution is 0.225. The lowest BCUT2D eigenvalue weighted by atomic mass is 10.1. The summed E-state index contributed by atoms with van der Waals surface area (Å²) in [6.45, 7) is 3.44. The van der Waals surface area contributed by atoms with Crippen molar-refractivity contribution in [2.24, 2.45) is 0 Å². The van der Waals surface area contributed by atoms with Gasteiger partial charge < -0.3 is 9.47 Å². The number of ether oxygens (including phenoxy) is 2. The monoisotopic (exact) mass is 790 g/mol. The quantitative estimate of drug-likeness (QED) is 0.0836. The van der Waals surface area contributed by atoms with Gasteiger partial charge in [0, 0.05) is 47.9 Å². The number of hydrazine groups is 1. The molecule has 51 heavy (non-hydrogen) atoms. The Morgan fingerprint density at radius 1 is 0.647 bits per heavy atom. The number of hydrogen-bond donors (Lipinski definition) is 1. The van der Waals surface area contributed by atoms with Crippen molar-refractivity contribution in [1.29, 1.82) is 0 Å². The molecule has 4 rings (SSSR count). The molecule has 4 aromatic rings. The van der Waals surface area contributed by atoms with Gasteiger partial charge in [0.2, 0.25) is 0 Å². The molecule has 0 fully saturated rings. The number of nitrogens with zero attached hydrogens (tertiary/aromatic N) is 1. The van der Waals surface area contributed by atoms with Crippen LogP contribution in [0.4, 0.5) is 17.6 Å². The van der Waals surface area contributed by atoms with E-state index in [4.69, 9.17) is 32.7 Å². The summed E-state index contributed by atoms with van der Waals surface area (Å²) in [6.07, 6.45) is 1.16. The Hall–Kier alpha value is -3.40. The van der Waals surface area contributed by atoms with Gasteiger partial charge in [-0.15, -0.1) is 0 Å². The minimum absolute atomic E-state index is 0.0446. The fourth-order valence-electron chi connectivity index (χ4n) is 5.01. The first-order chi connectivity index (χ1) is 24.0. The Bertz CT molecular complexity index is 2100. The van der Waals surface area contributed by atoms with E-state index in [1.54, 1.807) is 20.9 Å². The van der Waals surface area contributed by atoms with Gasteiger partial charge in [-0.2, -0.15) is 0 Å². The third kappa shape index (κ3) is 10.6. The number of unbranched alkanes of at least 4 members (excludes halogenated alkanes) is 1. The van der Waals surface area contributed by atoms with Crippen molar-refractivity contribution in [3.63, 3.8) is 0 Å². The van der Waals surface area contributed by atoms with E-state index < -0.39 is 52.7 Å². The molecule has 0 heterocycles. The molecule has 0 radical (unpaired) electrons. The molecule has 0 saturated carbocycles. The highest BCUT2D eigenvalue weighted by molar-refractivity contribution is 7.91. The summed E-state index contributed by atoms with van der Waals surface area (Å²) in [6, 6.07) is 11.3. The van der Waals surface area contributed by atoms with Gasteiger partial charge in [0.1, 0.15) is 32.9 Å². The van der Waals surface area contributed by atoms with E-state index in [0.717, 1.165) is 36.4 Å². The van der Waals surface area contributed by atoms with Crippen molar-refractivity contribution in [3.05, 3.63) is 105 Å². The number of halogens is 6. The molecular formula is C35H36Cl2F4N2O6S2. The molecule has 8 nitrogen and oxygen atoms in total. The van der Waals surface area contributed by atoms with Crippen LogP contribution in [0.15, 0.2) is 70.5 Å². The van der Waals surface area contributed by atoms with Gasteiger partial charge >= 0.3 is 0 Å². The molecule has 0 amide bonds. The molecular weight excluding hydrogens is 755 g/mol. The van der Waals surface area contributed by atoms with E-state index in [0.29, 0.717) is 12.8 Å². The zero-order chi connectivity index (χ0) is 37.5. The van der Waals surface area contributed by atoms with Gasteiger partial charge in [0.25, 0.3) is 0 Å². The molecule has 0 aliphatic carbocycles. The Labute approximate surface area is 305 Å². The Kier molecular flexibility index (Phi) is 13.8. The molecule has 276 valence electrons. The van der Waals surface area contributed by atoms with Gasteiger partial charge in [0.05, 0.1) is 11.5 Å². The Balaban J connectivity index is 1.60. The van der Waals surface area contributed by atoms with E-state index in [-0.39, 0.29) is 81.6 Å². The summed E-state index contributed by atoms with van der Waals surface area (Å²) in [5.74, 6) is -5.00. The van der Waals surface area contributed by atoms with Crippen molar-refractivity contribution in [1.82, 2.24) is 10.4 Å². The molecule has 4 aromatic carbocycles. The van der Waals surface area contributed by atoms with Gasteiger partial charge in [-0.05, 0) is 73.4 Å². The minimum Gasteiger partial charge on any atom is -0.454 e. The maximum Gasteiger partial charge on any atom is 0.181 e. The van der Waals surface area contributed by atoms with E-state index in [1.807, 2.05) is 0 Å². The highest BCUT2D eigenvalue weighted by atomic mass is 35.5. The number of nitrogens with one attached hydrogen (secondary N) is 1. The zero-order valence-electron chi connectivity index (χ0n) is 27.9. The van der Waals surface area contributed by atoms with Crippen LogP contribution in [0.1, 0.15) is 44.2 Å². The van der Waals surface area contributed by atoms with Gasteiger partial charge in [0.15, 0.2) is 42.8 Å². The third-order valence-electron chi connectivity index (χ3n) is 7.55. The molecule has 1 N–H and O–H groups in total. The lowest BCUT2D eigenvalue weighted by Gasteiger charge is -2.22. The second-order valence-electron chi connectivity index (χ2n) is 11.6. The average Bonchev–Trinajstić information content (AvgIpc) is 3.04. The summed E-state index contributed by atoms with van der Waals surface area (Å²) in [5.41, 5.74) is 3.39. The molecule has 0 aliphatic rings. The van der Waals surface area contributed by atoms with E-state index in [2.05, 4.69) is 5.43 Å². The van der Waals surface area contributed by atoms with Crippen LogP contribution in [0.2, 0.25) is 10.0 Å². The Morgan fingerprint density at radius 2 is 1.14 bits per heavy atom. The van der Waals surface area contributed by atoms with Crippen LogP contribution in [0, 0.1) is 23.3 Å². The molecule has 0 bridgehead atoms. The SMILES string of the molecule is CCCCS(=O)(=O)c1cc(Oc2ccc(Cl)cc2F)c(CCNN(C)Cc2cc(F)c(S(=O)(=O)CCC)cc2Oc2ccc(Cl)cc2F)cc1F. The van der Waals surface area contributed by atoms with Crippen LogP contribution in [-0.2, 0) is 32.6 Å². The largest absolute Gasteiger partial charge is 0.454 e. The number of sulfone groups is 2. The standard InChI is InChI=1S/C35H36Cl2F4N2O6S2/c1-4-6-14-51(46,47)35-19-32(48-30-9-7-24(36)17-26(30)38)22(15-28(35)40)11-12-42-43(3)21-23-16-29(41)34(50(44,45)13-5-2)20-33(23)49-31-10-8-25(37)18-27(31)39/h7-10,15-20,42H,4-6,11-14,21H2,1-3H3. The summed E-state index contributed by atoms with van der Waals surface area (Å²) < 4.78 is 123. The maximum absolute atomic E-state index is 15.3. The molecule has 0 spiro atoms. The number of rotatable bonds is 17. The first-order valence-electron chi connectivity index (χ1n) is 15.9. The second kappa shape index (κ2) is 17.4. The van der Waals surface area contributed by atoms with Gasteiger partial charge in [-0.25, -0.2) is 39.4 Å². The van der Waals surface area contributed by atoms with Crippen molar-refractivity contribution < 1.29 is 43.9 Å². The fourth-order valence-corrected chi connectivity index (χ4v) is 8.26. The molecule has 0 unspecified atom stereocenters. The summed E-state index contributed by atoms with van der Waals surface area (Å²) >= 11 is 11.7. The van der Waals surface area contributed by atoms with Crippen molar-refractivity contribution >= 4 is 42.9 Å². The topological polar surface area (TPSA) is 102 Å². The second-order valence-corrected chi connectivity index (χ2v) is 16.7. The van der Waals surface area contributed by atoms with Gasteiger partial charge in [-0.1, -0.05) is 43.5 Å². The van der Waals surface area contributed by atoms with Crippen LogP contribution in [0.25, 0.3) is 0 Å². The minimum atomic E-state index is -4.02. The predicted octanol–water partition coefficient (Wildman–Crippen LogP) is 9.07. The highest BCUT2D eigenvalue weighted by Crippen LogP contribution is 2.35. The van der Waals surface area contributed by atoms with Crippen molar-refractivity contribution in [3.8, 4) is 23.0 Å². The van der Waals surface area contributed by atoms with E-state index >= 15 is 8.78 Å². The lowest BCUT2D eigenvalue weighted by Crippen LogP contribution is -2.35. The van der Waals surface area contributed by atoms with E-state index in [9.17, 15) is 25.6 Å². The first-order valence-corrected chi connectivity index (χ1v) is 19.9. The van der Waals surface area contributed by atoms with Crippen LogP contribution in [0.5, 0.6) is 23.0 Å². The highest BCUT2D eigenvalue weighted by Gasteiger charge is 2.25. The smallest absolute Gasteiger partial charge is 0.181 e. The molecule has 16 heteroatoms. The van der Waals surface area contributed by atoms with Crippen LogP contribution >= 0.6 is 23.2 Å². The van der Waals surface area contributed by atoms with Crippen molar-refractivity contribution in [2.75, 3.05) is 25.1 Å². The van der Waals surface area contributed by atoms with Gasteiger partial charge in [-0.3, -0.25) is 5.43 Å². The molecule has 0 atom stereocenters. The first kappa shape index (κ1) is 40.4. The van der Waals surface area contributed by atoms with Crippen LogP contribution < -0.4 is 14.9 Å². The fraction of sp³-hybridized carbons (Fsp3) is 0.314. The normalized spacial score (nSPS) is 12.0. The molecule has 0 aliphatic heterocycles. The summed E-state index contributed by atoms with van der Waals surface area (Å²) in [4.78, 5) is -1.18. The molecule has 0 aromatic heterocycles. The number of benzene rings is 4.